The van der Waals surface area contributed by atoms with Crippen LogP contribution in [0, 0.1) is 11.6 Å². The molecule has 0 radical (unpaired) electrons. The smallest absolute Gasteiger partial charge is 0.228 e. The molecule has 3 rings (SSSR count). The summed E-state index contributed by atoms with van der Waals surface area (Å²) in [6.07, 6.45) is 2.08. The number of carbonyl (C=O) groups excluding carboxylic acids is 1. The first-order valence-corrected chi connectivity index (χ1v) is 7.73. The number of benzene rings is 2. The van der Waals surface area contributed by atoms with Gasteiger partial charge in [-0.3, -0.25) is 4.79 Å². The topological polar surface area (TPSA) is 32.3 Å². The van der Waals surface area contributed by atoms with Crippen LogP contribution in [0.2, 0.25) is 0 Å². The quantitative estimate of drug-likeness (QED) is 0.932. The van der Waals surface area contributed by atoms with Crippen LogP contribution in [0.1, 0.15) is 18.4 Å². The molecule has 0 atom stereocenters. The molecule has 1 amide bonds. The molecule has 0 saturated carbocycles. The maximum Gasteiger partial charge on any atom is 0.228 e. The molecule has 0 bridgehead atoms. The normalized spacial score (nSPS) is 13.6. The Labute approximate surface area is 133 Å². The van der Waals surface area contributed by atoms with Crippen LogP contribution in [-0.4, -0.2) is 19.0 Å². The zero-order valence-electron chi connectivity index (χ0n) is 12.7. The third-order valence-corrected chi connectivity index (χ3v) is 4.01. The van der Waals surface area contributed by atoms with Gasteiger partial charge in [-0.1, -0.05) is 24.3 Å². The summed E-state index contributed by atoms with van der Waals surface area (Å²) < 4.78 is 27.1. The van der Waals surface area contributed by atoms with Crippen molar-refractivity contribution in [3.63, 3.8) is 0 Å². The number of hydrogen-bond acceptors (Lipinski definition) is 2. The fourth-order valence-corrected chi connectivity index (χ4v) is 2.89. The number of fused-ring (bicyclic) bond motifs is 1. The zero-order valence-corrected chi connectivity index (χ0v) is 12.7. The number of amides is 1. The Kier molecular flexibility index (Phi) is 4.55. The molecule has 1 N–H and O–H groups in total. The van der Waals surface area contributed by atoms with E-state index in [1.807, 2.05) is 24.3 Å². The van der Waals surface area contributed by atoms with Crippen LogP contribution < -0.4 is 10.2 Å². The van der Waals surface area contributed by atoms with Gasteiger partial charge in [-0.25, -0.2) is 8.78 Å². The number of nitrogens with zero attached hydrogens (tertiary/aromatic N) is 1. The highest BCUT2D eigenvalue weighted by atomic mass is 19.1. The van der Waals surface area contributed by atoms with Crippen LogP contribution in [0.5, 0.6) is 0 Å². The lowest BCUT2D eigenvalue weighted by Crippen LogP contribution is -2.36. The average Bonchev–Trinajstić information content (AvgIpc) is 2.57. The molecule has 1 heterocycles. The Morgan fingerprint density at radius 3 is 2.61 bits per heavy atom. The van der Waals surface area contributed by atoms with E-state index < -0.39 is 11.6 Å². The molecule has 3 nitrogen and oxygen atoms in total. The number of aryl methyl sites for hydroxylation is 1. The fourth-order valence-electron chi connectivity index (χ4n) is 2.89. The molecule has 5 heteroatoms. The van der Waals surface area contributed by atoms with Crippen LogP contribution in [0.15, 0.2) is 42.5 Å². The Hall–Kier alpha value is -2.43. The minimum absolute atomic E-state index is 0.0404. The van der Waals surface area contributed by atoms with E-state index >= 15 is 0 Å². The lowest BCUT2D eigenvalue weighted by molar-refractivity contribution is -0.118. The van der Waals surface area contributed by atoms with Gasteiger partial charge in [0.25, 0.3) is 0 Å². The van der Waals surface area contributed by atoms with Crippen LogP contribution in [0.4, 0.5) is 20.2 Å². The van der Waals surface area contributed by atoms with Crippen molar-refractivity contribution in [2.45, 2.75) is 19.3 Å². The van der Waals surface area contributed by atoms with Gasteiger partial charge in [0.2, 0.25) is 5.91 Å². The van der Waals surface area contributed by atoms with E-state index in [0.717, 1.165) is 18.5 Å². The molecule has 0 saturated heterocycles. The second-order valence-electron chi connectivity index (χ2n) is 5.55. The fraction of sp³-hybridized carbons (Fsp3) is 0.278. The summed E-state index contributed by atoms with van der Waals surface area (Å²) in [5.41, 5.74) is 1.93. The molecule has 0 aromatic heterocycles. The predicted octanol–water partition coefficient (Wildman–Crippen LogP) is 3.75. The van der Waals surface area contributed by atoms with Crippen molar-refractivity contribution in [3.05, 3.63) is 59.7 Å². The Balaban J connectivity index is 1.63. The van der Waals surface area contributed by atoms with Crippen molar-refractivity contribution in [3.8, 4) is 0 Å². The van der Waals surface area contributed by atoms with Gasteiger partial charge in [-0.2, -0.15) is 0 Å². The molecular weight excluding hydrogens is 298 g/mol. The lowest BCUT2D eigenvalue weighted by atomic mass is 10.0. The molecule has 0 spiro atoms. The van der Waals surface area contributed by atoms with Gasteiger partial charge in [0.1, 0.15) is 17.3 Å². The van der Waals surface area contributed by atoms with Gasteiger partial charge in [-0.05, 0) is 36.6 Å². The molecule has 23 heavy (non-hydrogen) atoms. The number of para-hydroxylation sites is 2. The first kappa shape index (κ1) is 15.5. The highest BCUT2D eigenvalue weighted by molar-refractivity contribution is 5.94. The summed E-state index contributed by atoms with van der Waals surface area (Å²) in [5, 5.41) is 2.68. The van der Waals surface area contributed by atoms with E-state index in [2.05, 4.69) is 5.32 Å². The third-order valence-electron chi connectivity index (χ3n) is 4.01. The van der Waals surface area contributed by atoms with Crippen LogP contribution >= 0.6 is 0 Å². The summed E-state index contributed by atoms with van der Waals surface area (Å²) >= 11 is 0. The van der Waals surface area contributed by atoms with Crippen LogP contribution in [-0.2, 0) is 11.2 Å². The first-order chi connectivity index (χ1) is 11.2. The van der Waals surface area contributed by atoms with Gasteiger partial charge >= 0.3 is 0 Å². The van der Waals surface area contributed by atoms with Crippen molar-refractivity contribution >= 4 is 17.3 Å². The highest BCUT2D eigenvalue weighted by Crippen LogP contribution is 2.27. The van der Waals surface area contributed by atoms with Crippen LogP contribution in [0.3, 0.4) is 0 Å². The molecule has 0 aliphatic carbocycles. The van der Waals surface area contributed by atoms with E-state index in [9.17, 15) is 13.6 Å². The van der Waals surface area contributed by atoms with Gasteiger partial charge in [0.05, 0.1) is 0 Å². The van der Waals surface area contributed by atoms with E-state index in [4.69, 9.17) is 0 Å². The number of halogens is 2. The Morgan fingerprint density at radius 1 is 1.09 bits per heavy atom. The lowest BCUT2D eigenvalue weighted by Gasteiger charge is -2.29. The van der Waals surface area contributed by atoms with E-state index in [1.165, 1.54) is 23.8 Å². The molecule has 120 valence electrons. The van der Waals surface area contributed by atoms with Gasteiger partial charge in [-0.15, -0.1) is 0 Å². The second kappa shape index (κ2) is 6.77. The van der Waals surface area contributed by atoms with Crippen molar-refractivity contribution in [1.29, 1.82) is 0 Å². The summed E-state index contributed by atoms with van der Waals surface area (Å²) in [6.45, 7) is 0.874. The molecule has 1 aliphatic rings. The Morgan fingerprint density at radius 2 is 1.83 bits per heavy atom. The van der Waals surface area contributed by atoms with Gasteiger partial charge in [0, 0.05) is 25.2 Å². The monoisotopic (exact) mass is 316 g/mol. The van der Waals surface area contributed by atoms with Gasteiger partial charge < -0.3 is 10.2 Å². The number of hydrogen-bond donors (Lipinski definition) is 1. The summed E-state index contributed by atoms with van der Waals surface area (Å²) in [5.74, 6) is -1.34. The molecule has 1 aliphatic heterocycles. The van der Waals surface area contributed by atoms with Crippen molar-refractivity contribution in [1.82, 2.24) is 0 Å². The molecule has 0 unspecified atom stereocenters. The van der Waals surface area contributed by atoms with Gasteiger partial charge in [0.15, 0.2) is 0 Å². The average molecular weight is 316 g/mol. The largest absolute Gasteiger partial charge is 0.380 e. The summed E-state index contributed by atoms with van der Waals surface area (Å²) in [7, 11) is 0. The number of anilines is 2. The minimum atomic E-state index is -0.652. The number of nitrogens with one attached hydrogen (secondary N) is 1. The standard InChI is InChI=1S/C18H18F2N2O/c19-14-7-3-8-15(20)18(14)21-11-10-17(23)22-12-4-6-13-5-1-2-9-16(13)22/h1-3,5,7-9,21H,4,6,10-12H2. The van der Waals surface area contributed by atoms with Crippen molar-refractivity contribution < 1.29 is 13.6 Å². The summed E-state index contributed by atoms with van der Waals surface area (Å²) in [6, 6.07) is 11.5. The molecule has 2 aromatic carbocycles. The SMILES string of the molecule is O=C(CCNc1c(F)cccc1F)N1CCCc2ccccc21. The number of rotatable bonds is 4. The summed E-state index contributed by atoms with van der Waals surface area (Å²) in [4.78, 5) is 14.2. The molecular formula is C18H18F2N2O. The maximum atomic E-state index is 13.5. The first-order valence-electron chi connectivity index (χ1n) is 7.73. The van der Waals surface area contributed by atoms with Crippen molar-refractivity contribution in [2.24, 2.45) is 0 Å². The zero-order chi connectivity index (χ0) is 16.2. The predicted molar refractivity (Wildman–Crippen MR) is 86.6 cm³/mol. The van der Waals surface area contributed by atoms with E-state index in [0.29, 0.717) is 6.54 Å². The maximum absolute atomic E-state index is 13.5. The highest BCUT2D eigenvalue weighted by Gasteiger charge is 2.21. The van der Waals surface area contributed by atoms with Crippen LogP contribution in [0.25, 0.3) is 0 Å². The Bertz CT molecular complexity index is 698. The minimum Gasteiger partial charge on any atom is -0.380 e. The second-order valence-corrected chi connectivity index (χ2v) is 5.55. The molecule has 2 aromatic rings. The molecule has 0 fully saturated rings. The van der Waals surface area contributed by atoms with E-state index in [1.54, 1.807) is 4.90 Å². The van der Waals surface area contributed by atoms with Crippen molar-refractivity contribution in [2.75, 3.05) is 23.3 Å². The third kappa shape index (κ3) is 3.33. The van der Waals surface area contributed by atoms with E-state index in [-0.39, 0.29) is 24.6 Å². The number of carbonyl (C=O) groups is 1.